The van der Waals surface area contributed by atoms with Gasteiger partial charge in [-0.15, -0.1) is 0 Å². The van der Waals surface area contributed by atoms with Crippen LogP contribution in [0.25, 0.3) is 5.76 Å². The number of esters is 1. The van der Waals surface area contributed by atoms with Crippen molar-refractivity contribution in [3.8, 4) is 5.75 Å². The van der Waals surface area contributed by atoms with Crippen molar-refractivity contribution in [2.24, 2.45) is 0 Å². The number of likely N-dealkylation sites (tertiary alicyclic amines) is 1. The van der Waals surface area contributed by atoms with E-state index >= 15 is 0 Å². The molecule has 1 aliphatic heterocycles. The van der Waals surface area contributed by atoms with Crippen molar-refractivity contribution in [1.82, 2.24) is 4.90 Å². The van der Waals surface area contributed by atoms with Crippen LogP contribution in [0.3, 0.4) is 0 Å². The molecule has 1 N–H and O–H groups in total. The Morgan fingerprint density at radius 2 is 1.87 bits per heavy atom. The Bertz CT molecular complexity index is 1050. The average molecular weight is 407 g/mol. The lowest BCUT2D eigenvalue weighted by atomic mass is 9.93. The van der Waals surface area contributed by atoms with Gasteiger partial charge in [0.1, 0.15) is 11.5 Å². The summed E-state index contributed by atoms with van der Waals surface area (Å²) in [7, 11) is 0. The number of aliphatic hydroxyl groups excluding tert-OH is 1. The number of benzene rings is 2. The summed E-state index contributed by atoms with van der Waals surface area (Å²) in [4.78, 5) is 38.6. The second kappa shape index (κ2) is 8.53. The third-order valence-corrected chi connectivity index (χ3v) is 5.09. The predicted molar refractivity (Wildman–Crippen MR) is 113 cm³/mol. The summed E-state index contributed by atoms with van der Waals surface area (Å²) in [6, 6.07) is 11.5. The zero-order chi connectivity index (χ0) is 22.0. The first-order chi connectivity index (χ1) is 14.2. The van der Waals surface area contributed by atoms with Gasteiger partial charge in [-0.05, 0) is 49.6 Å². The number of aliphatic hydroxyl groups is 1. The number of nitrogens with zero attached hydrogens (tertiary/aromatic N) is 1. The quantitative estimate of drug-likeness (QED) is 0.266. The molecule has 0 bridgehead atoms. The van der Waals surface area contributed by atoms with Gasteiger partial charge in [-0.1, -0.05) is 36.8 Å². The zero-order valence-electron chi connectivity index (χ0n) is 17.6. The minimum Gasteiger partial charge on any atom is -0.507 e. The van der Waals surface area contributed by atoms with E-state index in [0.29, 0.717) is 29.8 Å². The number of ketones is 1. The highest BCUT2D eigenvalue weighted by atomic mass is 16.5. The van der Waals surface area contributed by atoms with E-state index in [4.69, 9.17) is 4.74 Å². The number of Topliss-reactive ketones (excluding diaryl/α,β-unsaturated/α-hetero) is 1. The van der Waals surface area contributed by atoms with Crippen LogP contribution in [-0.4, -0.2) is 34.2 Å². The Morgan fingerprint density at radius 1 is 1.13 bits per heavy atom. The van der Waals surface area contributed by atoms with Gasteiger partial charge in [0.2, 0.25) is 0 Å². The minimum atomic E-state index is -0.764. The molecule has 1 heterocycles. The molecule has 6 heteroatoms. The number of aryl methyl sites for hydroxylation is 2. The Hall–Kier alpha value is -3.41. The topological polar surface area (TPSA) is 83.9 Å². The standard InChI is InChI=1S/C24H25NO5/c1-5-11-25-21(17-7-6-8-18(13-17)30-16(4)26)20(23(28)24(25)29)22(27)19-12-14(2)9-10-15(19)3/h6-10,12-13,21,27H,5,11H2,1-4H3/b22-20+. The molecule has 1 amide bonds. The van der Waals surface area contributed by atoms with E-state index < -0.39 is 23.7 Å². The molecular formula is C24H25NO5. The zero-order valence-corrected chi connectivity index (χ0v) is 17.6. The van der Waals surface area contributed by atoms with Crippen molar-refractivity contribution < 1.29 is 24.2 Å². The van der Waals surface area contributed by atoms with Crippen molar-refractivity contribution in [3.63, 3.8) is 0 Å². The summed E-state index contributed by atoms with van der Waals surface area (Å²) < 4.78 is 5.17. The highest BCUT2D eigenvalue weighted by molar-refractivity contribution is 6.46. The maximum absolute atomic E-state index is 13.0. The van der Waals surface area contributed by atoms with Crippen molar-refractivity contribution in [2.75, 3.05) is 6.54 Å². The van der Waals surface area contributed by atoms with Crippen molar-refractivity contribution in [1.29, 1.82) is 0 Å². The van der Waals surface area contributed by atoms with Crippen LogP contribution in [0.1, 0.15) is 48.6 Å². The lowest BCUT2D eigenvalue weighted by Gasteiger charge is -2.25. The van der Waals surface area contributed by atoms with E-state index in [1.54, 1.807) is 30.3 Å². The SMILES string of the molecule is CCCN1C(=O)C(=O)/C(=C(/O)c2cc(C)ccc2C)C1c1cccc(OC(C)=O)c1. The molecule has 0 radical (unpaired) electrons. The summed E-state index contributed by atoms with van der Waals surface area (Å²) >= 11 is 0. The second-order valence-corrected chi connectivity index (χ2v) is 7.48. The van der Waals surface area contributed by atoms with E-state index in [1.165, 1.54) is 11.8 Å². The first-order valence-electron chi connectivity index (χ1n) is 9.89. The second-order valence-electron chi connectivity index (χ2n) is 7.48. The monoisotopic (exact) mass is 407 g/mol. The largest absolute Gasteiger partial charge is 0.507 e. The van der Waals surface area contributed by atoms with Crippen LogP contribution in [0.4, 0.5) is 0 Å². The average Bonchev–Trinajstić information content (AvgIpc) is 2.94. The van der Waals surface area contributed by atoms with E-state index in [0.717, 1.165) is 11.1 Å². The molecule has 30 heavy (non-hydrogen) atoms. The Morgan fingerprint density at radius 3 is 2.53 bits per heavy atom. The van der Waals surface area contributed by atoms with Crippen molar-refractivity contribution in [3.05, 3.63) is 70.3 Å². The Balaban J connectivity index is 2.22. The molecule has 1 saturated heterocycles. The molecule has 0 spiro atoms. The van der Waals surface area contributed by atoms with Gasteiger partial charge >= 0.3 is 5.97 Å². The highest BCUT2D eigenvalue weighted by Gasteiger charge is 2.45. The lowest BCUT2D eigenvalue weighted by molar-refractivity contribution is -0.139. The van der Waals surface area contributed by atoms with Crippen LogP contribution in [0.2, 0.25) is 0 Å². The predicted octanol–water partition coefficient (Wildman–Crippen LogP) is 4.06. The summed E-state index contributed by atoms with van der Waals surface area (Å²) in [5.74, 6) is -1.72. The molecule has 1 aliphatic rings. The fraction of sp³-hybridized carbons (Fsp3) is 0.292. The minimum absolute atomic E-state index is 0.0436. The molecule has 3 rings (SSSR count). The van der Waals surface area contributed by atoms with Gasteiger partial charge in [0, 0.05) is 19.0 Å². The number of rotatable bonds is 5. The van der Waals surface area contributed by atoms with Crippen LogP contribution in [-0.2, 0) is 14.4 Å². The molecule has 1 unspecified atom stereocenters. The first-order valence-corrected chi connectivity index (χ1v) is 9.89. The lowest BCUT2D eigenvalue weighted by Crippen LogP contribution is -2.30. The molecule has 6 nitrogen and oxygen atoms in total. The summed E-state index contributed by atoms with van der Waals surface area (Å²) in [5.41, 5.74) is 2.88. The van der Waals surface area contributed by atoms with Gasteiger partial charge in [0.05, 0.1) is 11.6 Å². The third kappa shape index (κ3) is 3.99. The first kappa shape index (κ1) is 21.3. The molecule has 0 saturated carbocycles. The van der Waals surface area contributed by atoms with Gasteiger partial charge in [0.25, 0.3) is 11.7 Å². The third-order valence-electron chi connectivity index (χ3n) is 5.09. The van der Waals surface area contributed by atoms with Crippen molar-refractivity contribution >= 4 is 23.4 Å². The summed E-state index contributed by atoms with van der Waals surface area (Å²) in [6.45, 7) is 7.31. The van der Waals surface area contributed by atoms with Gasteiger partial charge in [-0.2, -0.15) is 0 Å². The highest BCUT2D eigenvalue weighted by Crippen LogP contribution is 2.40. The van der Waals surface area contributed by atoms with Crippen LogP contribution in [0.5, 0.6) is 5.75 Å². The molecular weight excluding hydrogens is 382 g/mol. The normalized spacial score (nSPS) is 18.0. The number of ether oxygens (including phenoxy) is 1. The van der Waals surface area contributed by atoms with E-state index in [2.05, 4.69) is 0 Å². The summed E-state index contributed by atoms with van der Waals surface area (Å²) in [6.07, 6.45) is 0.649. The maximum Gasteiger partial charge on any atom is 0.308 e. The molecule has 2 aromatic rings. The maximum atomic E-state index is 13.0. The molecule has 0 aromatic heterocycles. The Kier molecular flexibility index (Phi) is 6.06. The fourth-order valence-electron chi connectivity index (χ4n) is 3.75. The number of carbonyl (C=O) groups excluding carboxylic acids is 3. The van der Waals surface area contributed by atoms with Crippen LogP contribution >= 0.6 is 0 Å². The van der Waals surface area contributed by atoms with E-state index in [-0.39, 0.29) is 11.3 Å². The number of hydrogen-bond acceptors (Lipinski definition) is 5. The number of amides is 1. The smallest absolute Gasteiger partial charge is 0.308 e. The van der Waals surface area contributed by atoms with Gasteiger partial charge in [-0.3, -0.25) is 14.4 Å². The van der Waals surface area contributed by atoms with Gasteiger partial charge < -0.3 is 14.7 Å². The summed E-state index contributed by atoms with van der Waals surface area (Å²) in [5, 5.41) is 11.1. The van der Waals surface area contributed by atoms with Gasteiger partial charge in [0.15, 0.2) is 0 Å². The van der Waals surface area contributed by atoms with E-state index in [9.17, 15) is 19.5 Å². The molecule has 1 fully saturated rings. The molecule has 2 aromatic carbocycles. The van der Waals surface area contributed by atoms with Crippen LogP contribution in [0.15, 0.2) is 48.0 Å². The number of carbonyl (C=O) groups is 3. The Labute approximate surface area is 175 Å². The molecule has 0 aliphatic carbocycles. The van der Waals surface area contributed by atoms with E-state index in [1.807, 2.05) is 32.9 Å². The molecule has 156 valence electrons. The van der Waals surface area contributed by atoms with Gasteiger partial charge in [-0.25, -0.2) is 0 Å². The van der Waals surface area contributed by atoms with Crippen LogP contribution < -0.4 is 4.74 Å². The fourth-order valence-corrected chi connectivity index (χ4v) is 3.75. The van der Waals surface area contributed by atoms with Crippen LogP contribution in [0, 0.1) is 13.8 Å². The molecule has 1 atom stereocenters. The van der Waals surface area contributed by atoms with Crippen molar-refractivity contribution in [2.45, 2.75) is 40.2 Å². The number of hydrogen-bond donors (Lipinski definition) is 1.